The van der Waals surface area contributed by atoms with Crippen molar-refractivity contribution in [3.05, 3.63) is 112 Å². The molecule has 0 spiro atoms. The number of nitrogens with zero attached hydrogens (tertiary/aromatic N) is 3. The molecule has 4 aromatic rings. The molecule has 6 rings (SSSR count). The second kappa shape index (κ2) is 12.9. The van der Waals surface area contributed by atoms with Gasteiger partial charge in [-0.15, -0.1) is 0 Å². The molecular formula is C36H37F4N5O3. The number of carbonyl (C=O) groups is 1. The zero-order valence-corrected chi connectivity index (χ0v) is 27.5. The van der Waals surface area contributed by atoms with Crippen LogP contribution < -0.4 is 25.0 Å². The molecule has 252 valence electrons. The number of anilines is 3. The van der Waals surface area contributed by atoms with Crippen molar-refractivity contribution in [3.63, 3.8) is 0 Å². The molecule has 48 heavy (non-hydrogen) atoms. The predicted octanol–water partition coefficient (Wildman–Crippen LogP) is 7.39. The molecule has 2 aliphatic heterocycles. The molecule has 0 aromatic heterocycles. The Morgan fingerprint density at radius 2 is 1.35 bits per heavy atom. The van der Waals surface area contributed by atoms with Crippen LogP contribution >= 0.6 is 0 Å². The maximum Gasteiger partial charge on any atom is 0.258 e. The molecule has 0 aliphatic carbocycles. The number of nitrogens with one attached hydrogen (secondary N) is 2. The Hall–Kier alpha value is -4.97. The lowest BCUT2D eigenvalue weighted by molar-refractivity contribution is 0.0315. The number of fused-ring (bicyclic) bond motifs is 2. The van der Waals surface area contributed by atoms with E-state index in [0.29, 0.717) is 29.9 Å². The van der Waals surface area contributed by atoms with E-state index >= 15 is 8.78 Å². The van der Waals surface area contributed by atoms with Crippen molar-refractivity contribution >= 4 is 23.0 Å². The topological polar surface area (TPSA) is 69.3 Å². The maximum atomic E-state index is 15.5. The van der Waals surface area contributed by atoms with Crippen LogP contribution in [0.25, 0.3) is 0 Å². The fraction of sp³-hybridized carbons (Fsp3) is 0.306. The van der Waals surface area contributed by atoms with E-state index in [0.717, 1.165) is 28.8 Å². The number of carbonyl (C=O) groups excluding carboxylic acids is 1. The number of ether oxygens (including phenoxy) is 2. The number of methoxy groups -OCH3 is 2. The number of aryl methyl sites for hydroxylation is 1. The third kappa shape index (κ3) is 5.63. The van der Waals surface area contributed by atoms with Gasteiger partial charge in [0.15, 0.2) is 41.1 Å². The van der Waals surface area contributed by atoms with E-state index < -0.39 is 53.3 Å². The standard InChI is InChI=1S/C36H37F4N5O3/c1-19-15-24(20(2)41-28-13-11-26(37)33(47-5)30(28)39)32-25(16-19)35(46)43(4)36(44-17-22-9-7-8-10-23(22)18-44)45(32)21(3)42-29-14-12-27(38)34(48-6)31(29)40/h7-16,20-21,36,41-42H,17-18H2,1-6H3. The molecular weight excluding hydrogens is 626 g/mol. The molecule has 1 amide bonds. The summed E-state index contributed by atoms with van der Waals surface area (Å²) in [4.78, 5) is 20.0. The molecule has 0 saturated carbocycles. The highest BCUT2D eigenvalue weighted by Gasteiger charge is 2.44. The minimum absolute atomic E-state index is 0.00521. The predicted molar refractivity (Wildman–Crippen MR) is 176 cm³/mol. The first-order valence-electron chi connectivity index (χ1n) is 15.5. The second-order valence-corrected chi connectivity index (χ2v) is 12.2. The van der Waals surface area contributed by atoms with E-state index in [1.807, 2.05) is 56.0 Å². The van der Waals surface area contributed by atoms with Gasteiger partial charge < -0.3 is 29.9 Å². The van der Waals surface area contributed by atoms with E-state index in [1.165, 1.54) is 26.4 Å². The van der Waals surface area contributed by atoms with Gasteiger partial charge in [0.25, 0.3) is 5.91 Å². The molecule has 0 saturated heterocycles. The Kier molecular flexibility index (Phi) is 8.86. The Bertz CT molecular complexity index is 1860. The monoisotopic (exact) mass is 663 g/mol. The first-order valence-corrected chi connectivity index (χ1v) is 15.5. The van der Waals surface area contributed by atoms with Crippen molar-refractivity contribution in [2.75, 3.05) is 36.8 Å². The Labute approximate surface area is 276 Å². The zero-order valence-electron chi connectivity index (χ0n) is 27.5. The molecule has 4 aromatic carbocycles. The number of amides is 1. The average Bonchev–Trinajstić information content (AvgIpc) is 3.49. The van der Waals surface area contributed by atoms with Gasteiger partial charge in [0.2, 0.25) is 0 Å². The number of hydrogen-bond donors (Lipinski definition) is 2. The first kappa shape index (κ1) is 33.0. The summed E-state index contributed by atoms with van der Waals surface area (Å²) in [6.45, 7) is 6.59. The van der Waals surface area contributed by atoms with Crippen LogP contribution in [0.4, 0.5) is 34.6 Å². The molecule has 3 atom stereocenters. The number of halogens is 4. The minimum Gasteiger partial charge on any atom is -0.491 e. The molecule has 8 nitrogen and oxygen atoms in total. The summed E-state index contributed by atoms with van der Waals surface area (Å²) in [5, 5.41) is 6.34. The van der Waals surface area contributed by atoms with Crippen LogP contribution in [-0.4, -0.2) is 49.4 Å². The SMILES string of the molecule is COc1c(F)ccc(NC(C)c2cc(C)cc3c2N(C(C)Nc2ccc(F)c(OC)c2F)C(N2Cc4ccccc4C2)N(C)C3=O)c1F. The highest BCUT2D eigenvalue weighted by atomic mass is 19.1. The number of benzene rings is 4. The van der Waals surface area contributed by atoms with Gasteiger partial charge in [0.1, 0.15) is 0 Å². The summed E-state index contributed by atoms with van der Waals surface area (Å²) in [6.07, 6.45) is -1.34. The average molecular weight is 664 g/mol. The van der Waals surface area contributed by atoms with Crippen molar-refractivity contribution in [2.24, 2.45) is 0 Å². The van der Waals surface area contributed by atoms with E-state index in [4.69, 9.17) is 9.47 Å². The number of hydrogen-bond acceptors (Lipinski definition) is 7. The van der Waals surface area contributed by atoms with Gasteiger partial charge in [0, 0.05) is 20.1 Å². The molecule has 0 bridgehead atoms. The summed E-state index contributed by atoms with van der Waals surface area (Å²) in [7, 11) is 4.11. The lowest BCUT2D eigenvalue weighted by Crippen LogP contribution is -2.64. The molecule has 2 heterocycles. The molecule has 0 radical (unpaired) electrons. The first-order chi connectivity index (χ1) is 22.9. The van der Waals surface area contributed by atoms with Crippen LogP contribution in [0.2, 0.25) is 0 Å². The Morgan fingerprint density at radius 1 is 0.812 bits per heavy atom. The fourth-order valence-corrected chi connectivity index (χ4v) is 6.79. The largest absolute Gasteiger partial charge is 0.491 e. The molecule has 3 unspecified atom stereocenters. The van der Waals surface area contributed by atoms with E-state index in [9.17, 15) is 13.6 Å². The molecule has 2 N–H and O–H groups in total. The van der Waals surface area contributed by atoms with Gasteiger partial charge in [-0.05, 0) is 73.4 Å². The van der Waals surface area contributed by atoms with Crippen LogP contribution in [0.5, 0.6) is 11.5 Å². The van der Waals surface area contributed by atoms with E-state index in [-0.39, 0.29) is 17.3 Å². The van der Waals surface area contributed by atoms with Gasteiger partial charge in [-0.25, -0.2) is 17.6 Å². The van der Waals surface area contributed by atoms with E-state index in [1.54, 1.807) is 18.0 Å². The lowest BCUT2D eigenvalue weighted by Gasteiger charge is -2.51. The highest BCUT2D eigenvalue weighted by Crippen LogP contribution is 2.43. The quantitative estimate of drug-likeness (QED) is 0.181. The van der Waals surface area contributed by atoms with Crippen LogP contribution in [0.1, 0.15) is 52.5 Å². The second-order valence-electron chi connectivity index (χ2n) is 12.2. The third-order valence-electron chi connectivity index (χ3n) is 9.01. The minimum atomic E-state index is -0.893. The van der Waals surface area contributed by atoms with Crippen molar-refractivity contribution in [3.8, 4) is 11.5 Å². The van der Waals surface area contributed by atoms with Crippen LogP contribution in [0, 0.1) is 30.2 Å². The van der Waals surface area contributed by atoms with Crippen molar-refractivity contribution in [2.45, 2.75) is 52.4 Å². The summed E-state index contributed by atoms with van der Waals surface area (Å²) >= 11 is 0. The molecule has 2 aliphatic rings. The van der Waals surface area contributed by atoms with Crippen molar-refractivity contribution in [1.82, 2.24) is 9.80 Å². The summed E-state index contributed by atoms with van der Waals surface area (Å²) in [6, 6.07) is 16.0. The van der Waals surface area contributed by atoms with Gasteiger partial charge in [-0.3, -0.25) is 9.69 Å². The van der Waals surface area contributed by atoms with Gasteiger partial charge >= 0.3 is 0 Å². The van der Waals surface area contributed by atoms with E-state index in [2.05, 4.69) is 15.5 Å². The Morgan fingerprint density at radius 3 is 1.90 bits per heavy atom. The van der Waals surface area contributed by atoms with Crippen LogP contribution in [0.15, 0.2) is 60.7 Å². The Balaban J connectivity index is 1.49. The highest BCUT2D eigenvalue weighted by molar-refractivity contribution is 6.03. The van der Waals surface area contributed by atoms with Gasteiger partial charge in [0.05, 0.1) is 49.1 Å². The fourth-order valence-electron chi connectivity index (χ4n) is 6.79. The van der Waals surface area contributed by atoms with Gasteiger partial charge in [-0.2, -0.15) is 0 Å². The van der Waals surface area contributed by atoms with Crippen molar-refractivity contribution < 1.29 is 31.8 Å². The maximum absolute atomic E-state index is 15.5. The van der Waals surface area contributed by atoms with Crippen LogP contribution in [0.3, 0.4) is 0 Å². The van der Waals surface area contributed by atoms with Crippen LogP contribution in [-0.2, 0) is 13.1 Å². The number of rotatable bonds is 9. The van der Waals surface area contributed by atoms with Gasteiger partial charge in [-0.1, -0.05) is 30.3 Å². The third-order valence-corrected chi connectivity index (χ3v) is 9.01. The molecule has 12 heteroatoms. The zero-order chi connectivity index (χ0) is 34.4. The normalized spacial score (nSPS) is 17.1. The summed E-state index contributed by atoms with van der Waals surface area (Å²) in [5.74, 6) is -4.71. The molecule has 0 fully saturated rings. The summed E-state index contributed by atoms with van der Waals surface area (Å²) in [5.41, 5.74) is 4.66. The smallest absolute Gasteiger partial charge is 0.258 e. The summed E-state index contributed by atoms with van der Waals surface area (Å²) < 4.78 is 69.4. The lowest BCUT2D eigenvalue weighted by atomic mass is 9.94. The van der Waals surface area contributed by atoms with Crippen molar-refractivity contribution in [1.29, 1.82) is 0 Å².